The summed E-state index contributed by atoms with van der Waals surface area (Å²) in [6, 6.07) is 0. The third-order valence-electron chi connectivity index (χ3n) is 5.33. The molecule has 0 unspecified atom stereocenters. The van der Waals surface area contributed by atoms with Crippen LogP contribution in [0.4, 0.5) is 0 Å². The van der Waals surface area contributed by atoms with Crippen molar-refractivity contribution < 1.29 is 49.6 Å². The van der Waals surface area contributed by atoms with Gasteiger partial charge in [-0.15, -0.1) is 0 Å². The standard InChI is InChI=1S/C21H36O10/c1-11(2)5-4-6-12(3)7-8-28-21-19(27)17(25)16(24)14(31-21)10-30-20-18(26)15(23)13(22)9-29-20/h5,7,13-27H,4,6,8-10H2,1-3H3/b12-7+/t13-,14+,15-,16+,17-,18+,19+,20-,21-/m0/s1. The van der Waals surface area contributed by atoms with Crippen molar-refractivity contribution in [3.8, 4) is 0 Å². The topological polar surface area (TPSA) is 158 Å². The van der Waals surface area contributed by atoms with Gasteiger partial charge in [-0.3, -0.25) is 0 Å². The summed E-state index contributed by atoms with van der Waals surface area (Å²) in [7, 11) is 0. The summed E-state index contributed by atoms with van der Waals surface area (Å²) in [5.74, 6) is 0. The first-order valence-electron chi connectivity index (χ1n) is 10.5. The zero-order valence-corrected chi connectivity index (χ0v) is 18.2. The molecule has 0 radical (unpaired) electrons. The minimum absolute atomic E-state index is 0.146. The van der Waals surface area contributed by atoms with Gasteiger partial charge in [0.2, 0.25) is 0 Å². The molecule has 2 fully saturated rings. The maximum atomic E-state index is 10.2. The Labute approximate surface area is 182 Å². The molecule has 0 bridgehead atoms. The van der Waals surface area contributed by atoms with Gasteiger partial charge in [0, 0.05) is 0 Å². The zero-order valence-electron chi connectivity index (χ0n) is 18.2. The van der Waals surface area contributed by atoms with Gasteiger partial charge in [0.25, 0.3) is 0 Å². The van der Waals surface area contributed by atoms with Crippen LogP contribution in [0.5, 0.6) is 0 Å². The molecule has 0 amide bonds. The summed E-state index contributed by atoms with van der Waals surface area (Å²) in [5.41, 5.74) is 2.35. The van der Waals surface area contributed by atoms with Gasteiger partial charge in [-0.05, 0) is 33.6 Å². The van der Waals surface area contributed by atoms with Crippen molar-refractivity contribution >= 4 is 0 Å². The van der Waals surface area contributed by atoms with E-state index >= 15 is 0 Å². The molecular weight excluding hydrogens is 412 g/mol. The summed E-state index contributed by atoms with van der Waals surface area (Å²) < 4.78 is 21.6. The van der Waals surface area contributed by atoms with Crippen molar-refractivity contribution in [1.29, 1.82) is 0 Å². The SMILES string of the molecule is CC(C)=CCC/C(C)=C/CO[C@H]1O[C@H](CO[C@@H]2OC[C@H](O)[C@H](O)[C@H]2O)[C@@H](O)[C@H](O)[C@H]1O. The molecule has 0 spiro atoms. The van der Waals surface area contributed by atoms with Crippen LogP contribution in [0.1, 0.15) is 33.6 Å². The zero-order chi connectivity index (χ0) is 23.1. The number of ether oxygens (including phenoxy) is 4. The summed E-state index contributed by atoms with van der Waals surface area (Å²) >= 11 is 0. The van der Waals surface area contributed by atoms with E-state index in [9.17, 15) is 30.6 Å². The molecule has 10 nitrogen and oxygen atoms in total. The van der Waals surface area contributed by atoms with Gasteiger partial charge >= 0.3 is 0 Å². The molecular formula is C21H36O10. The van der Waals surface area contributed by atoms with Crippen LogP contribution in [-0.2, 0) is 18.9 Å². The van der Waals surface area contributed by atoms with Crippen LogP contribution in [0.2, 0.25) is 0 Å². The second-order valence-electron chi connectivity index (χ2n) is 8.30. The van der Waals surface area contributed by atoms with Crippen LogP contribution in [0, 0.1) is 0 Å². The lowest BCUT2D eigenvalue weighted by Crippen LogP contribution is -2.60. The third kappa shape index (κ3) is 7.57. The lowest BCUT2D eigenvalue weighted by Gasteiger charge is -2.41. The fourth-order valence-electron chi connectivity index (χ4n) is 3.28. The summed E-state index contributed by atoms with van der Waals surface area (Å²) in [4.78, 5) is 0. The Hall–Kier alpha value is -0.920. The van der Waals surface area contributed by atoms with E-state index in [0.717, 1.165) is 18.4 Å². The number of hydrogen-bond donors (Lipinski definition) is 6. The van der Waals surface area contributed by atoms with Crippen molar-refractivity contribution in [3.05, 3.63) is 23.3 Å². The lowest BCUT2D eigenvalue weighted by atomic mass is 9.99. The second-order valence-corrected chi connectivity index (χ2v) is 8.30. The van der Waals surface area contributed by atoms with E-state index in [4.69, 9.17) is 18.9 Å². The summed E-state index contributed by atoms with van der Waals surface area (Å²) in [6.07, 6.45) is -6.36. The highest BCUT2D eigenvalue weighted by molar-refractivity contribution is 5.02. The van der Waals surface area contributed by atoms with Crippen molar-refractivity contribution in [3.63, 3.8) is 0 Å². The minimum atomic E-state index is -1.53. The molecule has 0 aromatic heterocycles. The van der Waals surface area contributed by atoms with E-state index in [-0.39, 0.29) is 19.8 Å². The van der Waals surface area contributed by atoms with Gasteiger partial charge in [-0.1, -0.05) is 23.3 Å². The highest BCUT2D eigenvalue weighted by Crippen LogP contribution is 2.24. The van der Waals surface area contributed by atoms with Gasteiger partial charge < -0.3 is 49.6 Å². The Bertz CT molecular complexity index is 605. The first-order valence-corrected chi connectivity index (χ1v) is 10.5. The molecule has 9 atom stereocenters. The van der Waals surface area contributed by atoms with Gasteiger partial charge in [0.05, 0.1) is 19.8 Å². The predicted octanol–water partition coefficient (Wildman–Crippen LogP) is -1.04. The summed E-state index contributed by atoms with van der Waals surface area (Å²) in [5, 5.41) is 59.6. The van der Waals surface area contributed by atoms with Crippen LogP contribution >= 0.6 is 0 Å². The molecule has 2 aliphatic heterocycles. The first-order chi connectivity index (χ1) is 14.6. The Balaban J connectivity index is 1.86. The predicted molar refractivity (Wildman–Crippen MR) is 109 cm³/mol. The highest BCUT2D eigenvalue weighted by atomic mass is 16.7. The molecule has 0 saturated carbocycles. The third-order valence-corrected chi connectivity index (χ3v) is 5.33. The monoisotopic (exact) mass is 448 g/mol. The van der Waals surface area contributed by atoms with E-state index in [1.54, 1.807) is 0 Å². The van der Waals surface area contributed by atoms with E-state index in [0.29, 0.717) is 0 Å². The molecule has 0 aromatic carbocycles. The number of rotatable bonds is 9. The van der Waals surface area contributed by atoms with Gasteiger partial charge in [0.1, 0.15) is 42.7 Å². The van der Waals surface area contributed by atoms with Crippen molar-refractivity contribution in [2.75, 3.05) is 19.8 Å². The van der Waals surface area contributed by atoms with Crippen LogP contribution in [0.15, 0.2) is 23.3 Å². The Morgan fingerprint density at radius 1 is 0.839 bits per heavy atom. The second kappa shape index (κ2) is 12.4. The fourth-order valence-corrected chi connectivity index (χ4v) is 3.28. The minimum Gasteiger partial charge on any atom is -0.388 e. The molecule has 2 saturated heterocycles. The number of aliphatic hydroxyl groups excluding tert-OH is 6. The van der Waals surface area contributed by atoms with Crippen molar-refractivity contribution in [2.24, 2.45) is 0 Å². The Kier molecular flexibility index (Phi) is 10.5. The highest BCUT2D eigenvalue weighted by Gasteiger charge is 2.45. The van der Waals surface area contributed by atoms with E-state index in [1.807, 2.05) is 26.8 Å². The quantitative estimate of drug-likeness (QED) is 0.241. The number of aliphatic hydroxyl groups is 6. The van der Waals surface area contributed by atoms with Crippen LogP contribution in [-0.4, -0.2) is 106 Å². The molecule has 2 aliphatic rings. The molecule has 2 rings (SSSR count). The number of hydrogen-bond acceptors (Lipinski definition) is 10. The molecule has 2 heterocycles. The maximum Gasteiger partial charge on any atom is 0.187 e. The van der Waals surface area contributed by atoms with E-state index in [2.05, 4.69) is 6.08 Å². The molecule has 180 valence electrons. The van der Waals surface area contributed by atoms with Crippen molar-refractivity contribution in [2.45, 2.75) is 88.9 Å². The van der Waals surface area contributed by atoms with Crippen LogP contribution in [0.25, 0.3) is 0 Å². The maximum absolute atomic E-state index is 10.2. The lowest BCUT2D eigenvalue weighted by molar-refractivity contribution is -0.319. The van der Waals surface area contributed by atoms with Crippen LogP contribution < -0.4 is 0 Å². The Morgan fingerprint density at radius 3 is 2.19 bits per heavy atom. The van der Waals surface area contributed by atoms with Gasteiger partial charge in [-0.25, -0.2) is 0 Å². The first kappa shape index (κ1) is 26.3. The number of allylic oxidation sites excluding steroid dienone is 3. The van der Waals surface area contributed by atoms with E-state index in [1.165, 1.54) is 5.57 Å². The molecule has 0 aromatic rings. The molecule has 0 aliphatic carbocycles. The average molecular weight is 449 g/mol. The summed E-state index contributed by atoms with van der Waals surface area (Å²) in [6.45, 7) is 5.65. The van der Waals surface area contributed by atoms with Crippen molar-refractivity contribution in [1.82, 2.24) is 0 Å². The van der Waals surface area contributed by atoms with E-state index < -0.39 is 55.3 Å². The molecule has 31 heavy (non-hydrogen) atoms. The molecule has 10 heteroatoms. The fraction of sp³-hybridized carbons (Fsp3) is 0.810. The van der Waals surface area contributed by atoms with Crippen LogP contribution in [0.3, 0.4) is 0 Å². The van der Waals surface area contributed by atoms with Gasteiger partial charge in [-0.2, -0.15) is 0 Å². The molecule has 6 N–H and O–H groups in total. The average Bonchev–Trinajstić information content (AvgIpc) is 2.72. The smallest absolute Gasteiger partial charge is 0.187 e. The normalized spacial score (nSPS) is 39.4. The largest absolute Gasteiger partial charge is 0.388 e. The van der Waals surface area contributed by atoms with Gasteiger partial charge in [0.15, 0.2) is 12.6 Å². The Morgan fingerprint density at radius 2 is 1.52 bits per heavy atom.